The number of methoxy groups -OCH3 is 1. The highest BCUT2D eigenvalue weighted by Crippen LogP contribution is 2.27. The average molecular weight is 309 g/mol. The van der Waals surface area contributed by atoms with Gasteiger partial charge in [0.1, 0.15) is 5.82 Å². The topological polar surface area (TPSA) is 66.8 Å². The lowest BCUT2D eigenvalue weighted by Crippen LogP contribution is -2.47. The molecule has 1 amide bonds. The van der Waals surface area contributed by atoms with Crippen molar-refractivity contribution in [3.63, 3.8) is 0 Å². The van der Waals surface area contributed by atoms with Crippen LogP contribution in [0.1, 0.15) is 24.8 Å². The van der Waals surface area contributed by atoms with Crippen LogP contribution in [0.3, 0.4) is 0 Å². The number of carbonyl (C=O) groups is 2. The number of benzene rings is 1. The second-order valence-corrected chi connectivity index (χ2v) is 5.54. The first-order valence-corrected chi connectivity index (χ1v) is 7.33. The molecule has 2 rings (SSSR count). The van der Waals surface area contributed by atoms with E-state index in [0.29, 0.717) is 32.2 Å². The van der Waals surface area contributed by atoms with Crippen LogP contribution in [-0.4, -0.2) is 41.8 Å². The second-order valence-electron chi connectivity index (χ2n) is 5.54. The van der Waals surface area contributed by atoms with Crippen molar-refractivity contribution in [3.8, 4) is 0 Å². The molecule has 1 aromatic rings. The van der Waals surface area contributed by atoms with Crippen molar-refractivity contribution < 1.29 is 23.8 Å². The lowest BCUT2D eigenvalue weighted by molar-refractivity contribution is -0.144. The molecule has 22 heavy (non-hydrogen) atoms. The van der Waals surface area contributed by atoms with Crippen LogP contribution in [0.4, 0.5) is 9.18 Å². The number of amides is 1. The van der Waals surface area contributed by atoms with Gasteiger partial charge in [0, 0.05) is 12.6 Å². The Hall–Kier alpha value is -2.11. The van der Waals surface area contributed by atoms with Gasteiger partial charge in [0.15, 0.2) is 0 Å². The molecule has 1 aromatic carbocycles. The predicted octanol–water partition coefficient (Wildman–Crippen LogP) is 2.69. The van der Waals surface area contributed by atoms with Gasteiger partial charge >= 0.3 is 12.1 Å². The van der Waals surface area contributed by atoms with Crippen LogP contribution in [-0.2, 0) is 16.0 Å². The molecule has 120 valence electrons. The average Bonchev–Trinajstić information content (AvgIpc) is 2.53. The molecule has 0 aromatic heterocycles. The highest BCUT2D eigenvalue weighted by atomic mass is 19.1. The van der Waals surface area contributed by atoms with Crippen LogP contribution in [0, 0.1) is 11.7 Å². The van der Waals surface area contributed by atoms with E-state index in [4.69, 9.17) is 4.74 Å². The van der Waals surface area contributed by atoms with Crippen molar-refractivity contribution in [2.24, 2.45) is 5.92 Å². The zero-order chi connectivity index (χ0) is 16.1. The number of carbonyl (C=O) groups excluding carboxylic acids is 1. The molecule has 1 N–H and O–H groups in total. The van der Waals surface area contributed by atoms with E-state index >= 15 is 0 Å². The number of rotatable bonds is 4. The second kappa shape index (κ2) is 7.24. The van der Waals surface area contributed by atoms with E-state index in [2.05, 4.69) is 0 Å². The van der Waals surface area contributed by atoms with Crippen molar-refractivity contribution in [1.82, 2.24) is 4.90 Å². The third-order valence-electron chi connectivity index (χ3n) is 4.15. The molecule has 1 heterocycles. The molecule has 0 spiro atoms. The van der Waals surface area contributed by atoms with Gasteiger partial charge in [-0.1, -0.05) is 12.1 Å². The smallest absolute Gasteiger partial charge is 0.409 e. The molecular weight excluding hydrogens is 289 g/mol. The normalized spacial score (nSPS) is 21.5. The van der Waals surface area contributed by atoms with E-state index in [-0.39, 0.29) is 11.9 Å². The maximum absolute atomic E-state index is 12.9. The van der Waals surface area contributed by atoms with Crippen LogP contribution in [0.15, 0.2) is 24.3 Å². The minimum Gasteiger partial charge on any atom is -0.481 e. The molecule has 1 aliphatic heterocycles. The van der Waals surface area contributed by atoms with Gasteiger partial charge < -0.3 is 14.7 Å². The molecule has 0 aliphatic carbocycles. The Morgan fingerprint density at radius 3 is 2.64 bits per heavy atom. The van der Waals surface area contributed by atoms with Gasteiger partial charge in [0.05, 0.1) is 13.0 Å². The summed E-state index contributed by atoms with van der Waals surface area (Å²) in [6.07, 6.45) is 1.73. The SMILES string of the molecule is COC(=O)N1CCC(C(=O)O)CC1CCc1ccc(F)cc1. The molecule has 1 saturated heterocycles. The van der Waals surface area contributed by atoms with Crippen LogP contribution < -0.4 is 0 Å². The van der Waals surface area contributed by atoms with Gasteiger partial charge in [-0.2, -0.15) is 0 Å². The number of hydrogen-bond donors (Lipinski definition) is 1. The number of piperidine rings is 1. The van der Waals surface area contributed by atoms with Crippen LogP contribution in [0.5, 0.6) is 0 Å². The summed E-state index contributed by atoms with van der Waals surface area (Å²) in [7, 11) is 1.32. The van der Waals surface area contributed by atoms with Gasteiger partial charge in [-0.05, 0) is 43.4 Å². The molecule has 0 radical (unpaired) electrons. The number of aliphatic carboxylic acids is 1. The number of hydrogen-bond acceptors (Lipinski definition) is 3. The highest BCUT2D eigenvalue weighted by molar-refractivity contribution is 5.72. The third-order valence-corrected chi connectivity index (χ3v) is 4.15. The Balaban J connectivity index is 2.02. The fourth-order valence-corrected chi connectivity index (χ4v) is 2.89. The number of aryl methyl sites for hydroxylation is 1. The van der Waals surface area contributed by atoms with Crippen molar-refractivity contribution in [1.29, 1.82) is 0 Å². The molecule has 1 fully saturated rings. The Morgan fingerprint density at radius 2 is 2.05 bits per heavy atom. The molecule has 0 saturated carbocycles. The Labute approximate surface area is 128 Å². The van der Waals surface area contributed by atoms with E-state index in [1.54, 1.807) is 17.0 Å². The highest BCUT2D eigenvalue weighted by Gasteiger charge is 2.34. The fourth-order valence-electron chi connectivity index (χ4n) is 2.89. The van der Waals surface area contributed by atoms with E-state index < -0.39 is 18.0 Å². The van der Waals surface area contributed by atoms with Crippen molar-refractivity contribution in [3.05, 3.63) is 35.6 Å². The van der Waals surface area contributed by atoms with Crippen LogP contribution >= 0.6 is 0 Å². The summed E-state index contributed by atoms with van der Waals surface area (Å²) in [5.74, 6) is -1.54. The lowest BCUT2D eigenvalue weighted by atomic mass is 9.88. The Bertz CT molecular complexity index is 531. The number of likely N-dealkylation sites (tertiary alicyclic amines) is 1. The zero-order valence-corrected chi connectivity index (χ0v) is 12.5. The molecule has 2 unspecified atom stereocenters. The van der Waals surface area contributed by atoms with Gasteiger partial charge in [-0.25, -0.2) is 9.18 Å². The van der Waals surface area contributed by atoms with E-state index in [9.17, 15) is 19.1 Å². The van der Waals surface area contributed by atoms with E-state index in [1.807, 2.05) is 0 Å². The number of halogens is 1. The Kier molecular flexibility index (Phi) is 5.35. The summed E-state index contributed by atoms with van der Waals surface area (Å²) in [5, 5.41) is 9.18. The third kappa shape index (κ3) is 3.96. The van der Waals surface area contributed by atoms with Crippen LogP contribution in [0.2, 0.25) is 0 Å². The Morgan fingerprint density at radius 1 is 1.36 bits per heavy atom. The first-order valence-electron chi connectivity index (χ1n) is 7.33. The maximum Gasteiger partial charge on any atom is 0.409 e. The van der Waals surface area contributed by atoms with Crippen molar-refractivity contribution in [2.45, 2.75) is 31.7 Å². The van der Waals surface area contributed by atoms with Crippen LogP contribution in [0.25, 0.3) is 0 Å². The molecule has 2 atom stereocenters. The number of nitrogens with zero attached hydrogens (tertiary/aromatic N) is 1. The fraction of sp³-hybridized carbons (Fsp3) is 0.500. The summed E-state index contributed by atoms with van der Waals surface area (Å²) in [6, 6.07) is 6.03. The molecule has 1 aliphatic rings. The standard InChI is InChI=1S/C16H20FNO4/c1-22-16(21)18-9-8-12(15(19)20)10-14(18)7-4-11-2-5-13(17)6-3-11/h2-3,5-6,12,14H,4,7-10H2,1H3,(H,19,20). The summed E-state index contributed by atoms with van der Waals surface area (Å²) in [5.41, 5.74) is 0.962. The molecule has 0 bridgehead atoms. The summed E-state index contributed by atoms with van der Waals surface area (Å²) < 4.78 is 17.7. The minimum atomic E-state index is -0.823. The van der Waals surface area contributed by atoms with E-state index in [1.165, 1.54) is 19.2 Å². The largest absolute Gasteiger partial charge is 0.481 e. The molecule has 6 heteroatoms. The lowest BCUT2D eigenvalue weighted by Gasteiger charge is -2.37. The number of ether oxygens (including phenoxy) is 1. The van der Waals surface area contributed by atoms with Gasteiger partial charge in [0.2, 0.25) is 0 Å². The van der Waals surface area contributed by atoms with Gasteiger partial charge in [-0.3, -0.25) is 4.79 Å². The van der Waals surface area contributed by atoms with Crippen molar-refractivity contribution >= 4 is 12.1 Å². The minimum absolute atomic E-state index is 0.174. The zero-order valence-electron chi connectivity index (χ0n) is 12.5. The van der Waals surface area contributed by atoms with Gasteiger partial charge in [0.25, 0.3) is 0 Å². The first-order chi connectivity index (χ1) is 10.5. The summed E-state index contributed by atoms with van der Waals surface area (Å²) >= 11 is 0. The quantitative estimate of drug-likeness (QED) is 0.928. The monoisotopic (exact) mass is 309 g/mol. The number of carboxylic acids is 1. The number of carboxylic acid groups (broad SMARTS) is 1. The maximum atomic E-state index is 12.9. The predicted molar refractivity (Wildman–Crippen MR) is 78.0 cm³/mol. The van der Waals surface area contributed by atoms with Crippen molar-refractivity contribution in [2.75, 3.05) is 13.7 Å². The summed E-state index contributed by atoms with van der Waals surface area (Å²) in [6.45, 7) is 0.387. The van der Waals surface area contributed by atoms with Gasteiger partial charge in [-0.15, -0.1) is 0 Å². The summed E-state index contributed by atoms with van der Waals surface area (Å²) in [4.78, 5) is 24.6. The molecular formula is C16H20FNO4. The molecule has 5 nitrogen and oxygen atoms in total. The first kappa shape index (κ1) is 16.3. The van der Waals surface area contributed by atoms with E-state index in [0.717, 1.165) is 5.56 Å².